The molecule has 4 aromatic rings. The fraction of sp³-hybridized carbons (Fsp3) is 0.208. The SMILES string of the molecule is Cn1cc(C(=O)N2CCN(C(=O)c3ccc4c(Cl)cc(-c5ccccc5)nc4c3)CC2)nn1. The van der Waals surface area contributed by atoms with Crippen molar-refractivity contribution >= 4 is 34.3 Å². The van der Waals surface area contributed by atoms with Gasteiger partial charge in [0.05, 0.1) is 22.4 Å². The van der Waals surface area contributed by atoms with Crippen molar-refractivity contribution in [2.24, 2.45) is 7.05 Å². The molecule has 0 N–H and O–H groups in total. The molecule has 2 aromatic heterocycles. The van der Waals surface area contributed by atoms with Crippen LogP contribution >= 0.6 is 11.6 Å². The Labute approximate surface area is 195 Å². The largest absolute Gasteiger partial charge is 0.335 e. The first-order chi connectivity index (χ1) is 16.0. The van der Waals surface area contributed by atoms with E-state index in [1.807, 2.05) is 42.5 Å². The van der Waals surface area contributed by atoms with E-state index < -0.39 is 0 Å². The Hall–Kier alpha value is -3.78. The number of fused-ring (bicyclic) bond motifs is 1. The van der Waals surface area contributed by atoms with Gasteiger partial charge in [0, 0.05) is 49.7 Å². The molecule has 2 amide bonds. The summed E-state index contributed by atoms with van der Waals surface area (Å²) in [5, 5.41) is 9.08. The molecule has 0 saturated carbocycles. The molecule has 0 aliphatic carbocycles. The Morgan fingerprint density at radius 2 is 1.61 bits per heavy atom. The number of halogens is 1. The van der Waals surface area contributed by atoms with Gasteiger partial charge < -0.3 is 9.80 Å². The smallest absolute Gasteiger partial charge is 0.276 e. The zero-order chi connectivity index (χ0) is 22.9. The normalized spacial score (nSPS) is 14.0. The van der Waals surface area contributed by atoms with E-state index in [0.29, 0.717) is 48.0 Å². The Morgan fingerprint density at radius 1 is 0.909 bits per heavy atom. The van der Waals surface area contributed by atoms with Gasteiger partial charge in [0.1, 0.15) is 0 Å². The summed E-state index contributed by atoms with van der Waals surface area (Å²) in [7, 11) is 1.72. The average Bonchev–Trinajstić information content (AvgIpc) is 3.29. The molecule has 9 heteroatoms. The molecule has 166 valence electrons. The summed E-state index contributed by atoms with van der Waals surface area (Å²) >= 11 is 6.51. The molecule has 3 heterocycles. The monoisotopic (exact) mass is 460 g/mol. The van der Waals surface area contributed by atoms with E-state index in [2.05, 4.69) is 10.3 Å². The summed E-state index contributed by atoms with van der Waals surface area (Å²) in [6.45, 7) is 1.77. The third kappa shape index (κ3) is 4.17. The van der Waals surface area contributed by atoms with Crippen molar-refractivity contribution in [1.29, 1.82) is 0 Å². The van der Waals surface area contributed by atoms with E-state index in [4.69, 9.17) is 16.6 Å². The maximum Gasteiger partial charge on any atom is 0.276 e. The molecule has 1 aliphatic heterocycles. The number of piperazine rings is 1. The third-order valence-corrected chi connectivity index (χ3v) is 6.06. The standard InChI is InChI=1S/C24H21ClN6O2/c1-29-15-22(27-28-29)24(33)31-11-9-30(10-12-31)23(32)17-7-8-18-19(25)14-20(26-21(18)13-17)16-5-3-2-4-6-16/h2-8,13-15H,9-12H2,1H3. The highest BCUT2D eigenvalue weighted by atomic mass is 35.5. The Kier molecular flexibility index (Phi) is 5.51. The Morgan fingerprint density at radius 3 is 2.27 bits per heavy atom. The summed E-state index contributed by atoms with van der Waals surface area (Å²) in [5.74, 6) is -0.264. The molecule has 2 aromatic carbocycles. The van der Waals surface area contributed by atoms with Gasteiger partial charge in [-0.3, -0.25) is 14.3 Å². The lowest BCUT2D eigenvalue weighted by Gasteiger charge is -2.34. The van der Waals surface area contributed by atoms with Crippen LogP contribution in [0, 0.1) is 0 Å². The van der Waals surface area contributed by atoms with Gasteiger partial charge in [-0.2, -0.15) is 0 Å². The number of carbonyl (C=O) groups is 2. The lowest BCUT2D eigenvalue weighted by Crippen LogP contribution is -2.50. The molecule has 0 spiro atoms. The van der Waals surface area contributed by atoms with Gasteiger partial charge in [-0.05, 0) is 18.2 Å². The predicted molar refractivity (Wildman–Crippen MR) is 125 cm³/mol. The quantitative estimate of drug-likeness (QED) is 0.468. The fourth-order valence-corrected chi connectivity index (χ4v) is 4.24. The van der Waals surface area contributed by atoms with Crippen molar-refractivity contribution in [2.75, 3.05) is 26.2 Å². The lowest BCUT2D eigenvalue weighted by molar-refractivity contribution is 0.0532. The summed E-state index contributed by atoms with van der Waals surface area (Å²) < 4.78 is 1.50. The molecule has 8 nitrogen and oxygen atoms in total. The molecular weight excluding hydrogens is 440 g/mol. The van der Waals surface area contributed by atoms with E-state index in [-0.39, 0.29) is 11.8 Å². The van der Waals surface area contributed by atoms with Crippen molar-refractivity contribution in [3.8, 4) is 11.3 Å². The topological polar surface area (TPSA) is 84.2 Å². The molecule has 0 radical (unpaired) electrons. The zero-order valence-corrected chi connectivity index (χ0v) is 18.7. The summed E-state index contributed by atoms with van der Waals surface area (Å²) in [6, 6.07) is 17.0. The minimum Gasteiger partial charge on any atom is -0.335 e. The van der Waals surface area contributed by atoms with Crippen LogP contribution in [0.5, 0.6) is 0 Å². The zero-order valence-electron chi connectivity index (χ0n) is 18.0. The highest BCUT2D eigenvalue weighted by Crippen LogP contribution is 2.29. The number of aryl methyl sites for hydroxylation is 1. The van der Waals surface area contributed by atoms with Crippen LogP contribution in [0.2, 0.25) is 5.02 Å². The van der Waals surface area contributed by atoms with Crippen molar-refractivity contribution in [3.63, 3.8) is 0 Å². The second-order valence-electron chi connectivity index (χ2n) is 7.95. The lowest BCUT2D eigenvalue weighted by atomic mass is 10.1. The third-order valence-electron chi connectivity index (χ3n) is 5.75. The number of carbonyl (C=O) groups excluding carboxylic acids is 2. The van der Waals surface area contributed by atoms with Crippen LogP contribution in [0.1, 0.15) is 20.8 Å². The summed E-state index contributed by atoms with van der Waals surface area (Å²) in [4.78, 5) is 33.9. The molecular formula is C24H21ClN6O2. The highest BCUT2D eigenvalue weighted by molar-refractivity contribution is 6.35. The van der Waals surface area contributed by atoms with E-state index in [1.54, 1.807) is 35.2 Å². The Balaban J connectivity index is 1.34. The van der Waals surface area contributed by atoms with Gasteiger partial charge in [0.25, 0.3) is 11.8 Å². The van der Waals surface area contributed by atoms with E-state index in [0.717, 1.165) is 16.6 Å². The maximum absolute atomic E-state index is 13.2. The summed E-state index contributed by atoms with van der Waals surface area (Å²) in [5.41, 5.74) is 3.24. The van der Waals surface area contributed by atoms with E-state index in [9.17, 15) is 9.59 Å². The first kappa shape index (κ1) is 21.1. The predicted octanol–water partition coefficient (Wildman–Crippen LogP) is 3.28. The second-order valence-corrected chi connectivity index (χ2v) is 8.36. The van der Waals surface area contributed by atoms with Gasteiger partial charge in [0.2, 0.25) is 0 Å². The Bertz CT molecular complexity index is 1350. The van der Waals surface area contributed by atoms with Crippen LogP contribution in [-0.2, 0) is 7.05 Å². The molecule has 5 rings (SSSR count). The number of amides is 2. The number of nitrogens with zero attached hydrogens (tertiary/aromatic N) is 6. The van der Waals surface area contributed by atoms with E-state index >= 15 is 0 Å². The van der Waals surface area contributed by atoms with Gasteiger partial charge in [-0.15, -0.1) is 5.10 Å². The van der Waals surface area contributed by atoms with Crippen molar-refractivity contribution in [2.45, 2.75) is 0 Å². The number of pyridine rings is 1. The van der Waals surface area contributed by atoms with Crippen molar-refractivity contribution < 1.29 is 9.59 Å². The molecule has 0 atom stereocenters. The molecule has 0 unspecified atom stereocenters. The minimum absolute atomic E-state index is 0.0912. The van der Waals surface area contributed by atoms with E-state index in [1.165, 1.54) is 4.68 Å². The van der Waals surface area contributed by atoms with Gasteiger partial charge in [0.15, 0.2) is 5.69 Å². The first-order valence-electron chi connectivity index (χ1n) is 10.6. The number of hydrogen-bond acceptors (Lipinski definition) is 5. The maximum atomic E-state index is 13.2. The first-order valence-corrected chi connectivity index (χ1v) is 11.0. The minimum atomic E-state index is -0.173. The van der Waals surface area contributed by atoms with Crippen LogP contribution in [0.15, 0.2) is 60.8 Å². The molecule has 1 saturated heterocycles. The van der Waals surface area contributed by atoms with Crippen molar-refractivity contribution in [3.05, 3.63) is 77.1 Å². The average molecular weight is 461 g/mol. The number of hydrogen-bond donors (Lipinski definition) is 0. The molecule has 1 aliphatic rings. The number of benzene rings is 2. The molecule has 0 bridgehead atoms. The van der Waals surface area contributed by atoms with Gasteiger partial charge in [-0.25, -0.2) is 4.98 Å². The molecule has 1 fully saturated rings. The van der Waals surface area contributed by atoms with Crippen LogP contribution in [0.4, 0.5) is 0 Å². The number of rotatable bonds is 3. The van der Waals surface area contributed by atoms with Crippen LogP contribution in [-0.4, -0.2) is 67.8 Å². The number of aromatic nitrogens is 4. The van der Waals surface area contributed by atoms with Crippen LogP contribution in [0.25, 0.3) is 22.2 Å². The van der Waals surface area contributed by atoms with Crippen molar-refractivity contribution in [1.82, 2.24) is 29.8 Å². The molecule has 33 heavy (non-hydrogen) atoms. The second kappa shape index (κ2) is 8.63. The van der Waals surface area contributed by atoms with Crippen LogP contribution < -0.4 is 0 Å². The van der Waals surface area contributed by atoms with Gasteiger partial charge in [-0.1, -0.05) is 53.2 Å². The summed E-state index contributed by atoms with van der Waals surface area (Å²) in [6.07, 6.45) is 1.59. The van der Waals surface area contributed by atoms with Gasteiger partial charge >= 0.3 is 0 Å². The van der Waals surface area contributed by atoms with Crippen LogP contribution in [0.3, 0.4) is 0 Å². The highest BCUT2D eigenvalue weighted by Gasteiger charge is 2.27. The fourth-order valence-electron chi connectivity index (χ4n) is 3.98.